The third kappa shape index (κ3) is 2.42. The summed E-state index contributed by atoms with van der Waals surface area (Å²) in [7, 11) is 0. The molecule has 0 saturated carbocycles. The van der Waals surface area contributed by atoms with Gasteiger partial charge in [0, 0.05) is 22.4 Å². The maximum absolute atomic E-state index is 13.8. The van der Waals surface area contributed by atoms with Gasteiger partial charge < -0.3 is 5.11 Å². The summed E-state index contributed by atoms with van der Waals surface area (Å²) in [6, 6.07) is 9.69. The fourth-order valence-corrected chi connectivity index (χ4v) is 2.43. The van der Waals surface area contributed by atoms with Crippen LogP contribution in [0.15, 0.2) is 53.3 Å². The number of hydrogen-bond acceptors (Lipinski definition) is 3. The Balaban J connectivity index is 2.07. The van der Waals surface area contributed by atoms with Crippen LogP contribution in [-0.2, 0) is 0 Å². The van der Waals surface area contributed by atoms with Crippen molar-refractivity contribution in [2.24, 2.45) is 0 Å². The fourth-order valence-electron chi connectivity index (χ4n) is 2.05. The lowest BCUT2D eigenvalue weighted by atomic mass is 10.0. The average molecular weight is 333 g/mol. The maximum atomic E-state index is 13.8. The van der Waals surface area contributed by atoms with E-state index in [4.69, 9.17) is 0 Å². The van der Waals surface area contributed by atoms with Gasteiger partial charge in [0.25, 0.3) is 0 Å². The number of nitrogens with zero attached hydrogens (tertiary/aromatic N) is 2. The first-order chi connectivity index (χ1) is 9.65. The van der Waals surface area contributed by atoms with Crippen LogP contribution in [0, 0.1) is 5.82 Å². The molecule has 0 radical (unpaired) electrons. The van der Waals surface area contributed by atoms with E-state index in [1.165, 1.54) is 6.07 Å². The molecule has 0 saturated heterocycles. The lowest BCUT2D eigenvalue weighted by Crippen LogP contribution is -2.03. The Bertz CT molecular complexity index is 779. The van der Waals surface area contributed by atoms with Crippen LogP contribution < -0.4 is 0 Å². The molecular weight excluding hydrogens is 323 g/mol. The molecule has 5 heteroatoms. The average Bonchev–Trinajstić information content (AvgIpc) is 2.48. The zero-order valence-electron chi connectivity index (χ0n) is 10.3. The second kappa shape index (κ2) is 5.26. The summed E-state index contributed by atoms with van der Waals surface area (Å²) >= 11 is 3.28. The molecule has 1 unspecified atom stereocenters. The van der Waals surface area contributed by atoms with Crippen molar-refractivity contribution in [2.45, 2.75) is 6.10 Å². The number of aromatic nitrogens is 2. The zero-order chi connectivity index (χ0) is 14.1. The van der Waals surface area contributed by atoms with Gasteiger partial charge in [0.2, 0.25) is 0 Å². The summed E-state index contributed by atoms with van der Waals surface area (Å²) < 4.78 is 14.5. The Morgan fingerprint density at radius 3 is 2.55 bits per heavy atom. The number of rotatable bonds is 2. The van der Waals surface area contributed by atoms with Gasteiger partial charge in [-0.2, -0.15) is 0 Å². The van der Waals surface area contributed by atoms with E-state index < -0.39 is 11.9 Å². The predicted molar refractivity (Wildman–Crippen MR) is 77.7 cm³/mol. The maximum Gasteiger partial charge on any atom is 0.129 e. The molecular formula is C15H10BrFN2O. The highest BCUT2D eigenvalue weighted by Crippen LogP contribution is 2.28. The Morgan fingerprint density at radius 2 is 1.75 bits per heavy atom. The van der Waals surface area contributed by atoms with Gasteiger partial charge in [-0.25, -0.2) is 4.39 Å². The van der Waals surface area contributed by atoms with Gasteiger partial charge in [-0.15, -0.1) is 0 Å². The van der Waals surface area contributed by atoms with Gasteiger partial charge in [0.05, 0.1) is 11.0 Å². The van der Waals surface area contributed by atoms with E-state index in [0.717, 1.165) is 5.52 Å². The third-order valence-corrected chi connectivity index (χ3v) is 3.56. The Morgan fingerprint density at radius 1 is 1.00 bits per heavy atom. The molecule has 100 valence electrons. The first-order valence-electron chi connectivity index (χ1n) is 5.99. The molecule has 0 aliphatic rings. The third-order valence-electron chi connectivity index (χ3n) is 3.06. The minimum Gasteiger partial charge on any atom is -0.384 e. The molecule has 0 spiro atoms. The van der Waals surface area contributed by atoms with Gasteiger partial charge in [-0.3, -0.25) is 9.97 Å². The highest BCUT2D eigenvalue weighted by atomic mass is 79.9. The van der Waals surface area contributed by atoms with Crippen molar-refractivity contribution in [3.63, 3.8) is 0 Å². The largest absolute Gasteiger partial charge is 0.384 e. The summed E-state index contributed by atoms with van der Waals surface area (Å²) in [5.41, 5.74) is 2.20. The van der Waals surface area contributed by atoms with E-state index in [0.29, 0.717) is 15.6 Å². The van der Waals surface area contributed by atoms with Gasteiger partial charge in [-0.05, 0) is 35.9 Å². The second-order valence-corrected chi connectivity index (χ2v) is 5.29. The number of halogens is 2. The van der Waals surface area contributed by atoms with Crippen molar-refractivity contribution < 1.29 is 9.50 Å². The smallest absolute Gasteiger partial charge is 0.129 e. The second-order valence-electron chi connectivity index (χ2n) is 4.37. The topological polar surface area (TPSA) is 46.0 Å². The minimum atomic E-state index is -1.04. The molecule has 1 heterocycles. The van der Waals surface area contributed by atoms with E-state index in [1.807, 2.05) is 0 Å². The van der Waals surface area contributed by atoms with Gasteiger partial charge in [0.15, 0.2) is 0 Å². The Kier molecular flexibility index (Phi) is 3.46. The molecule has 1 N–H and O–H groups in total. The van der Waals surface area contributed by atoms with Gasteiger partial charge >= 0.3 is 0 Å². The molecule has 0 bridgehead atoms. The molecule has 1 aromatic heterocycles. The molecule has 2 aromatic carbocycles. The minimum absolute atomic E-state index is 0.225. The van der Waals surface area contributed by atoms with Crippen molar-refractivity contribution in [3.8, 4) is 0 Å². The van der Waals surface area contributed by atoms with Crippen molar-refractivity contribution in [2.75, 3.05) is 0 Å². The van der Waals surface area contributed by atoms with E-state index in [9.17, 15) is 9.50 Å². The van der Waals surface area contributed by atoms with Crippen LogP contribution >= 0.6 is 15.9 Å². The Hall–Kier alpha value is -1.85. The van der Waals surface area contributed by atoms with E-state index in [2.05, 4.69) is 25.9 Å². The standard InChI is InChI=1S/C15H10BrFN2O/c16-10-2-3-12(17)11(8-10)15(20)9-1-4-13-14(7-9)19-6-5-18-13/h1-8,15,20H. The molecule has 0 aliphatic heterocycles. The number of aliphatic hydroxyl groups excluding tert-OH is 1. The first kappa shape index (κ1) is 13.1. The number of hydrogen-bond donors (Lipinski definition) is 1. The normalized spacial score (nSPS) is 12.6. The molecule has 0 amide bonds. The lowest BCUT2D eigenvalue weighted by molar-refractivity contribution is 0.215. The van der Waals surface area contributed by atoms with Crippen LogP contribution in [0.2, 0.25) is 0 Å². The van der Waals surface area contributed by atoms with E-state index in [-0.39, 0.29) is 5.56 Å². The summed E-state index contributed by atoms with van der Waals surface area (Å²) in [6.45, 7) is 0. The molecule has 1 atom stereocenters. The van der Waals surface area contributed by atoms with Crippen molar-refractivity contribution >= 4 is 27.0 Å². The lowest BCUT2D eigenvalue weighted by Gasteiger charge is -2.13. The highest BCUT2D eigenvalue weighted by molar-refractivity contribution is 9.10. The molecule has 0 fully saturated rings. The molecule has 3 aromatic rings. The molecule has 20 heavy (non-hydrogen) atoms. The van der Waals surface area contributed by atoms with Crippen LogP contribution in [0.25, 0.3) is 11.0 Å². The van der Waals surface area contributed by atoms with Crippen LogP contribution in [-0.4, -0.2) is 15.1 Å². The number of fused-ring (bicyclic) bond motifs is 1. The number of aliphatic hydroxyl groups is 1. The summed E-state index contributed by atoms with van der Waals surface area (Å²) in [5, 5.41) is 10.3. The molecule has 3 rings (SSSR count). The van der Waals surface area contributed by atoms with Gasteiger partial charge in [0.1, 0.15) is 11.9 Å². The summed E-state index contributed by atoms with van der Waals surface area (Å²) in [6.07, 6.45) is 2.14. The van der Waals surface area contributed by atoms with Gasteiger partial charge in [-0.1, -0.05) is 22.0 Å². The quantitative estimate of drug-likeness (QED) is 0.779. The molecule has 3 nitrogen and oxygen atoms in total. The van der Waals surface area contributed by atoms with E-state index in [1.54, 1.807) is 42.7 Å². The first-order valence-corrected chi connectivity index (χ1v) is 6.78. The summed E-state index contributed by atoms with van der Waals surface area (Å²) in [4.78, 5) is 8.34. The SMILES string of the molecule is OC(c1ccc2nccnc2c1)c1cc(Br)ccc1F. The zero-order valence-corrected chi connectivity index (χ0v) is 11.9. The number of benzene rings is 2. The predicted octanol–water partition coefficient (Wildman–Crippen LogP) is 3.61. The Labute approximate surface area is 123 Å². The van der Waals surface area contributed by atoms with E-state index >= 15 is 0 Å². The van der Waals surface area contributed by atoms with Crippen LogP contribution in [0.4, 0.5) is 4.39 Å². The van der Waals surface area contributed by atoms with Crippen molar-refractivity contribution in [3.05, 3.63) is 70.2 Å². The van der Waals surface area contributed by atoms with Crippen LogP contribution in [0.5, 0.6) is 0 Å². The fraction of sp³-hybridized carbons (Fsp3) is 0.0667. The highest BCUT2D eigenvalue weighted by Gasteiger charge is 2.16. The van der Waals surface area contributed by atoms with Crippen molar-refractivity contribution in [1.82, 2.24) is 9.97 Å². The van der Waals surface area contributed by atoms with Crippen molar-refractivity contribution in [1.29, 1.82) is 0 Å². The molecule has 0 aliphatic carbocycles. The summed E-state index contributed by atoms with van der Waals surface area (Å²) in [5.74, 6) is -0.444. The monoisotopic (exact) mass is 332 g/mol. The van der Waals surface area contributed by atoms with Crippen LogP contribution in [0.3, 0.4) is 0 Å². The van der Waals surface area contributed by atoms with Crippen LogP contribution in [0.1, 0.15) is 17.2 Å².